The summed E-state index contributed by atoms with van der Waals surface area (Å²) in [5, 5.41) is 6.21. The lowest BCUT2D eigenvalue weighted by Crippen LogP contribution is -2.58. The van der Waals surface area contributed by atoms with E-state index in [-0.39, 0.29) is 6.54 Å². The summed E-state index contributed by atoms with van der Waals surface area (Å²) in [5.74, 6) is -2.15. The Morgan fingerprint density at radius 2 is 1.56 bits per heavy atom. The maximum Gasteiger partial charge on any atom is 0.328 e. The van der Waals surface area contributed by atoms with Crippen molar-refractivity contribution in [3.05, 3.63) is 58.6 Å². The summed E-state index contributed by atoms with van der Waals surface area (Å²) in [6, 6.07) is 12.1. The number of halogens is 2. The van der Waals surface area contributed by atoms with Gasteiger partial charge in [0, 0.05) is 22.3 Å². The fourth-order valence-corrected chi connectivity index (χ4v) is 2.67. The number of benzene rings is 2. The Bertz CT molecular complexity index is 822. The number of carbonyl (C=O) groups is 3. The topological polar surface area (TPSA) is 78.5 Å². The van der Waals surface area contributed by atoms with E-state index in [9.17, 15) is 14.4 Å². The van der Waals surface area contributed by atoms with Crippen molar-refractivity contribution >= 4 is 52.4 Å². The molecule has 1 saturated heterocycles. The molecule has 4 amide bonds. The minimum absolute atomic E-state index is 0.0683. The second-order valence-corrected chi connectivity index (χ2v) is 6.26. The van der Waals surface area contributed by atoms with Gasteiger partial charge in [-0.1, -0.05) is 23.2 Å². The van der Waals surface area contributed by atoms with E-state index in [1.807, 2.05) is 0 Å². The van der Waals surface area contributed by atoms with E-state index < -0.39 is 23.8 Å². The molecule has 0 aliphatic carbocycles. The van der Waals surface area contributed by atoms with Gasteiger partial charge < -0.3 is 10.6 Å². The molecule has 0 spiro atoms. The van der Waals surface area contributed by atoms with Crippen LogP contribution < -0.4 is 15.5 Å². The number of anilines is 2. The molecule has 128 valence electrons. The monoisotopic (exact) mass is 377 g/mol. The summed E-state index contributed by atoms with van der Waals surface area (Å²) in [6.45, 7) is -0.0683. The highest BCUT2D eigenvalue weighted by atomic mass is 35.5. The lowest BCUT2D eigenvalue weighted by Gasteiger charge is -2.30. The van der Waals surface area contributed by atoms with Gasteiger partial charge in [0.05, 0.1) is 5.69 Å². The molecule has 1 unspecified atom stereocenters. The first-order valence-corrected chi connectivity index (χ1v) is 8.15. The third-order valence-corrected chi connectivity index (χ3v) is 4.20. The maximum absolute atomic E-state index is 12.7. The molecule has 1 heterocycles. The molecule has 2 N–H and O–H groups in total. The van der Waals surface area contributed by atoms with Gasteiger partial charge in [0.2, 0.25) is 11.8 Å². The Labute approximate surface area is 153 Å². The van der Waals surface area contributed by atoms with Crippen LogP contribution in [-0.2, 0) is 9.59 Å². The third-order valence-electron chi connectivity index (χ3n) is 3.69. The third kappa shape index (κ3) is 3.75. The highest BCUT2D eigenvalue weighted by Gasteiger charge is 2.39. The summed E-state index contributed by atoms with van der Waals surface area (Å²) >= 11 is 11.6. The second kappa shape index (κ2) is 7.13. The van der Waals surface area contributed by atoms with E-state index in [0.717, 1.165) is 4.90 Å². The normalized spacial score (nSPS) is 17.2. The fourth-order valence-electron chi connectivity index (χ4n) is 2.41. The second-order valence-electron chi connectivity index (χ2n) is 5.38. The van der Waals surface area contributed by atoms with E-state index in [0.29, 0.717) is 21.4 Å². The zero-order valence-electron chi connectivity index (χ0n) is 12.8. The van der Waals surface area contributed by atoms with E-state index in [1.54, 1.807) is 48.5 Å². The number of urea groups is 1. The lowest BCUT2D eigenvalue weighted by atomic mass is 10.0. The Morgan fingerprint density at radius 3 is 2.16 bits per heavy atom. The minimum Gasteiger partial charge on any atom is -0.336 e. The standard InChI is InChI=1S/C17H13Cl2N3O3/c18-10-1-5-12(6-2-10)21-15(23)14-9-20-17(25)22(16(14)24)13-7-3-11(19)4-8-13/h1-8,14H,9H2,(H,20,25)(H,21,23). The van der Waals surface area contributed by atoms with Gasteiger partial charge in [-0.05, 0) is 48.5 Å². The summed E-state index contributed by atoms with van der Waals surface area (Å²) < 4.78 is 0. The van der Waals surface area contributed by atoms with Crippen molar-refractivity contribution in [1.82, 2.24) is 5.32 Å². The number of imide groups is 1. The first-order valence-electron chi connectivity index (χ1n) is 7.39. The van der Waals surface area contributed by atoms with E-state index in [2.05, 4.69) is 10.6 Å². The van der Waals surface area contributed by atoms with Gasteiger partial charge in [0.15, 0.2) is 0 Å². The van der Waals surface area contributed by atoms with Crippen molar-refractivity contribution in [1.29, 1.82) is 0 Å². The van der Waals surface area contributed by atoms with Crippen LogP contribution in [0.15, 0.2) is 48.5 Å². The van der Waals surface area contributed by atoms with E-state index >= 15 is 0 Å². The smallest absolute Gasteiger partial charge is 0.328 e. The highest BCUT2D eigenvalue weighted by Crippen LogP contribution is 2.23. The summed E-state index contributed by atoms with van der Waals surface area (Å²) in [4.78, 5) is 38.1. The molecule has 2 aromatic rings. The molecule has 0 radical (unpaired) electrons. The molecule has 3 rings (SSSR count). The molecule has 0 saturated carbocycles. The van der Waals surface area contributed by atoms with Crippen molar-refractivity contribution in [3.8, 4) is 0 Å². The van der Waals surface area contributed by atoms with Crippen LogP contribution in [0.4, 0.5) is 16.2 Å². The molecule has 1 fully saturated rings. The number of hydrogen-bond acceptors (Lipinski definition) is 3. The molecule has 1 aliphatic heterocycles. The minimum atomic E-state index is -1.04. The van der Waals surface area contributed by atoms with Crippen molar-refractivity contribution in [2.75, 3.05) is 16.8 Å². The van der Waals surface area contributed by atoms with Crippen LogP contribution in [0, 0.1) is 5.92 Å². The highest BCUT2D eigenvalue weighted by molar-refractivity contribution is 6.31. The molecule has 0 aromatic heterocycles. The van der Waals surface area contributed by atoms with Crippen molar-refractivity contribution in [3.63, 3.8) is 0 Å². The summed E-state index contributed by atoms with van der Waals surface area (Å²) in [7, 11) is 0. The van der Waals surface area contributed by atoms with E-state index in [1.165, 1.54) is 0 Å². The van der Waals surface area contributed by atoms with Crippen molar-refractivity contribution in [2.45, 2.75) is 0 Å². The van der Waals surface area contributed by atoms with Gasteiger partial charge in [-0.25, -0.2) is 9.69 Å². The molecule has 6 nitrogen and oxygen atoms in total. The quantitative estimate of drug-likeness (QED) is 0.805. The average molecular weight is 378 g/mol. The number of nitrogens with zero attached hydrogens (tertiary/aromatic N) is 1. The Balaban J connectivity index is 1.79. The zero-order valence-corrected chi connectivity index (χ0v) is 14.3. The first-order chi connectivity index (χ1) is 12.0. The summed E-state index contributed by atoms with van der Waals surface area (Å²) in [5.41, 5.74) is 0.855. The molecule has 1 atom stereocenters. The van der Waals surface area contributed by atoms with Gasteiger partial charge in [0.25, 0.3) is 0 Å². The van der Waals surface area contributed by atoms with Crippen LogP contribution in [0.1, 0.15) is 0 Å². The number of rotatable bonds is 3. The molecule has 0 bridgehead atoms. The van der Waals surface area contributed by atoms with Crippen LogP contribution in [0.3, 0.4) is 0 Å². The van der Waals surface area contributed by atoms with Gasteiger partial charge in [0.1, 0.15) is 5.92 Å². The van der Waals surface area contributed by atoms with Crippen LogP contribution in [0.5, 0.6) is 0 Å². The van der Waals surface area contributed by atoms with Crippen LogP contribution >= 0.6 is 23.2 Å². The molecule has 1 aliphatic rings. The largest absolute Gasteiger partial charge is 0.336 e. The van der Waals surface area contributed by atoms with Crippen molar-refractivity contribution < 1.29 is 14.4 Å². The number of nitrogens with one attached hydrogen (secondary N) is 2. The van der Waals surface area contributed by atoms with E-state index in [4.69, 9.17) is 23.2 Å². The predicted molar refractivity (Wildman–Crippen MR) is 95.9 cm³/mol. The zero-order chi connectivity index (χ0) is 18.0. The van der Waals surface area contributed by atoms with Gasteiger partial charge in [-0.3, -0.25) is 9.59 Å². The number of hydrogen-bond donors (Lipinski definition) is 2. The van der Waals surface area contributed by atoms with Gasteiger partial charge in [-0.2, -0.15) is 0 Å². The van der Waals surface area contributed by atoms with Crippen molar-refractivity contribution in [2.24, 2.45) is 5.92 Å². The van der Waals surface area contributed by atoms with Crippen LogP contribution in [-0.4, -0.2) is 24.4 Å². The molecular formula is C17H13Cl2N3O3. The molecular weight excluding hydrogens is 365 g/mol. The summed E-state index contributed by atoms with van der Waals surface area (Å²) in [6.07, 6.45) is 0. The Kier molecular flexibility index (Phi) is 4.92. The molecule has 25 heavy (non-hydrogen) atoms. The Hall–Kier alpha value is -2.57. The Morgan fingerprint density at radius 1 is 1.00 bits per heavy atom. The van der Waals surface area contributed by atoms with Crippen LogP contribution in [0.25, 0.3) is 0 Å². The maximum atomic E-state index is 12.7. The fraction of sp³-hybridized carbons (Fsp3) is 0.118. The molecule has 8 heteroatoms. The van der Waals surface area contributed by atoms with Gasteiger partial charge in [-0.15, -0.1) is 0 Å². The number of carbonyl (C=O) groups excluding carboxylic acids is 3. The lowest BCUT2D eigenvalue weighted by molar-refractivity contribution is -0.130. The first kappa shape index (κ1) is 17.3. The number of amides is 4. The SMILES string of the molecule is O=C(Nc1ccc(Cl)cc1)C1CNC(=O)N(c2ccc(Cl)cc2)C1=O. The van der Waals surface area contributed by atoms with Crippen LogP contribution in [0.2, 0.25) is 10.0 Å². The average Bonchev–Trinajstić information content (AvgIpc) is 2.58. The van der Waals surface area contributed by atoms with Gasteiger partial charge >= 0.3 is 6.03 Å². The molecule has 2 aromatic carbocycles. The predicted octanol–water partition coefficient (Wildman–Crippen LogP) is 3.30.